The number of benzene rings is 4. The average Bonchev–Trinajstić information content (AvgIpc) is 3.12. The van der Waals surface area contributed by atoms with Crippen LogP contribution in [0.1, 0.15) is 5.56 Å². The van der Waals surface area contributed by atoms with Gasteiger partial charge in [-0.3, -0.25) is 0 Å². The van der Waals surface area contributed by atoms with Crippen LogP contribution in [0.25, 0.3) is 44.8 Å². The minimum Gasteiger partial charge on any atom is -0.246 e. The Morgan fingerprint density at radius 2 is 0.423 bits per heavy atom. The Labute approximate surface area is 271 Å². The molecule has 1 heterocycles. The number of halogens is 20. The number of nitrogens with zero attached hydrogens (tertiary/aromatic N) is 2. The number of nitriles is 1. The van der Waals surface area contributed by atoms with Crippen LogP contribution < -0.4 is 0 Å². The maximum Gasteiger partial charge on any atom is 0.200 e. The first kappa shape index (κ1) is 37.4. The molecule has 1 aromatic heterocycles. The minimum atomic E-state index is -3.16. The molecule has 0 atom stereocenters. The van der Waals surface area contributed by atoms with E-state index in [-0.39, 0.29) is 0 Å². The van der Waals surface area contributed by atoms with Gasteiger partial charge in [-0.1, -0.05) is 0 Å². The Kier molecular flexibility index (Phi) is 9.14. The monoisotopic (exact) mass is 768 g/mol. The molecule has 22 heteroatoms. The Morgan fingerprint density at radius 1 is 0.250 bits per heavy atom. The van der Waals surface area contributed by atoms with Crippen LogP contribution in [0.3, 0.4) is 0 Å². The van der Waals surface area contributed by atoms with Crippen LogP contribution in [0.5, 0.6) is 0 Å². The predicted molar refractivity (Wildman–Crippen MR) is 130 cm³/mol. The smallest absolute Gasteiger partial charge is 0.200 e. The van der Waals surface area contributed by atoms with E-state index < -0.39 is 167 Å². The number of hydrogen-bond donors (Lipinski definition) is 0. The van der Waals surface area contributed by atoms with Crippen LogP contribution in [0.15, 0.2) is 0 Å². The molecular weight excluding hydrogens is 768 g/mol. The van der Waals surface area contributed by atoms with E-state index in [0.717, 1.165) is 0 Å². The molecule has 0 spiro atoms. The molecule has 52 heavy (non-hydrogen) atoms. The van der Waals surface area contributed by atoms with Gasteiger partial charge in [0.25, 0.3) is 0 Å². The highest BCUT2D eigenvalue weighted by molar-refractivity contribution is 5.97. The zero-order valence-corrected chi connectivity index (χ0v) is 23.5. The fourth-order valence-electron chi connectivity index (χ4n) is 4.82. The molecule has 2 nitrogen and oxygen atoms in total. The lowest BCUT2D eigenvalue weighted by Gasteiger charge is -2.22. The maximum atomic E-state index is 15.3. The van der Waals surface area contributed by atoms with Crippen LogP contribution in [0.2, 0.25) is 0 Å². The van der Waals surface area contributed by atoms with Crippen molar-refractivity contribution in [3.8, 4) is 50.8 Å². The van der Waals surface area contributed by atoms with Crippen molar-refractivity contribution in [3.05, 3.63) is 122 Å². The summed E-state index contributed by atoms with van der Waals surface area (Å²) in [4.78, 5) is 2.80. The van der Waals surface area contributed by atoms with Crippen LogP contribution >= 0.6 is 0 Å². The highest BCUT2D eigenvalue weighted by Crippen LogP contribution is 2.50. The summed E-state index contributed by atoms with van der Waals surface area (Å²) in [6, 6.07) is 0.560. The van der Waals surface area contributed by atoms with Gasteiger partial charge in [-0.25, -0.2) is 92.8 Å². The zero-order chi connectivity index (χ0) is 39.2. The lowest BCUT2D eigenvalue weighted by Crippen LogP contribution is -2.14. The summed E-state index contributed by atoms with van der Waals surface area (Å²) in [5, 5.41) is 10.0. The second-order valence-electron chi connectivity index (χ2n) is 9.83. The van der Waals surface area contributed by atoms with Crippen LogP contribution in [-0.2, 0) is 0 Å². The molecule has 4 aromatic carbocycles. The van der Waals surface area contributed by atoms with E-state index in [1.165, 1.54) is 0 Å². The molecule has 0 aliphatic carbocycles. The molecule has 0 amide bonds. The fourth-order valence-corrected chi connectivity index (χ4v) is 4.82. The van der Waals surface area contributed by atoms with E-state index in [0.29, 0.717) is 6.07 Å². The molecule has 0 saturated carbocycles. The van der Waals surface area contributed by atoms with Gasteiger partial charge in [-0.05, 0) is 0 Å². The topological polar surface area (TPSA) is 36.7 Å². The number of pyridine rings is 1. The lowest BCUT2D eigenvalue weighted by atomic mass is 9.85. The first-order valence-electron chi connectivity index (χ1n) is 12.7. The Balaban J connectivity index is 2.29. The van der Waals surface area contributed by atoms with Gasteiger partial charge in [-0.15, -0.1) is 0 Å². The number of aromatic nitrogens is 1. The van der Waals surface area contributed by atoms with Gasteiger partial charge < -0.3 is 0 Å². The summed E-state index contributed by atoms with van der Waals surface area (Å²) in [7, 11) is 0. The van der Waals surface area contributed by atoms with Gasteiger partial charge in [0.05, 0.1) is 39.2 Å². The molecule has 0 unspecified atom stereocenters. The van der Waals surface area contributed by atoms with E-state index in [1.807, 2.05) is 0 Å². The molecule has 0 bridgehead atoms. The third-order valence-corrected chi connectivity index (χ3v) is 7.12. The van der Waals surface area contributed by atoms with Gasteiger partial charge in [-0.2, -0.15) is 5.26 Å². The van der Waals surface area contributed by atoms with Crippen molar-refractivity contribution in [2.45, 2.75) is 0 Å². The van der Waals surface area contributed by atoms with E-state index in [4.69, 9.17) is 0 Å². The molecule has 0 saturated heterocycles. The van der Waals surface area contributed by atoms with Crippen molar-refractivity contribution < 1.29 is 87.8 Å². The fraction of sp³-hybridized carbons (Fsp3) is 0. The van der Waals surface area contributed by atoms with Gasteiger partial charge in [0.15, 0.2) is 93.1 Å². The third kappa shape index (κ3) is 5.00. The first-order chi connectivity index (χ1) is 24.1. The molecule has 5 aromatic rings. The average molecular weight is 768 g/mol. The first-order valence-corrected chi connectivity index (χ1v) is 12.7. The molecule has 270 valence electrons. The Morgan fingerprint density at radius 3 is 0.615 bits per heavy atom. The van der Waals surface area contributed by atoms with Crippen molar-refractivity contribution in [1.29, 1.82) is 5.26 Å². The van der Waals surface area contributed by atoms with Gasteiger partial charge >= 0.3 is 0 Å². The normalized spacial score (nSPS) is 11.4. The number of rotatable bonds is 4. The second kappa shape index (κ2) is 12.7. The molecule has 0 N–H and O–H groups in total. The van der Waals surface area contributed by atoms with Crippen molar-refractivity contribution in [2.24, 2.45) is 0 Å². The van der Waals surface area contributed by atoms with Crippen LogP contribution in [-0.4, -0.2) is 4.98 Å². The summed E-state index contributed by atoms with van der Waals surface area (Å²) < 4.78 is 293. The third-order valence-electron chi connectivity index (χ3n) is 7.12. The molecule has 0 radical (unpaired) electrons. The van der Waals surface area contributed by atoms with Crippen molar-refractivity contribution >= 4 is 0 Å². The van der Waals surface area contributed by atoms with E-state index in [1.54, 1.807) is 0 Å². The Bertz CT molecular complexity index is 2210. The van der Waals surface area contributed by atoms with Gasteiger partial charge in [0, 0.05) is 11.1 Å². The molecule has 0 aliphatic rings. The van der Waals surface area contributed by atoms with E-state index in [2.05, 4.69) is 4.98 Å². The van der Waals surface area contributed by atoms with E-state index in [9.17, 15) is 57.9 Å². The SMILES string of the molecule is N#Cc1c(-c2c(F)c(F)c(F)c(F)c2F)c(-c2c(F)c(F)c(F)c(F)c2F)nc(-c2c(F)c(F)c(F)c(F)c2F)c1-c1c(F)c(F)c(F)c(F)c1F. The van der Waals surface area contributed by atoms with Crippen LogP contribution in [0.4, 0.5) is 87.8 Å². The lowest BCUT2D eigenvalue weighted by molar-refractivity contribution is 0.379. The summed E-state index contributed by atoms with van der Waals surface area (Å²) in [6.45, 7) is 0. The van der Waals surface area contributed by atoms with Gasteiger partial charge in [0.2, 0.25) is 23.3 Å². The van der Waals surface area contributed by atoms with E-state index >= 15 is 35.1 Å². The molecule has 0 fully saturated rings. The highest BCUT2D eigenvalue weighted by atomic mass is 19.2. The van der Waals surface area contributed by atoms with Crippen molar-refractivity contribution in [2.75, 3.05) is 0 Å². The quantitative estimate of drug-likeness (QED) is 0.104. The standard InChI is InChI=1S/C30F20N2/c31-9-5(10(32)18(40)25(47)17(9)39)3-2(1-51)4(6-11(33)19(41)26(48)20(42)12(6)34)30(8-15(37)23(45)28(50)24(46)16(8)38)52-29(3)7-13(35)21(43)27(49)22(44)14(7)36. The Hall–Kier alpha value is -5.88. The van der Waals surface area contributed by atoms with Crippen molar-refractivity contribution in [3.63, 3.8) is 0 Å². The van der Waals surface area contributed by atoms with Crippen molar-refractivity contribution in [1.82, 2.24) is 4.98 Å². The summed E-state index contributed by atoms with van der Waals surface area (Å²) in [6.07, 6.45) is 0. The molecular formula is C30F20N2. The van der Waals surface area contributed by atoms with Gasteiger partial charge in [0.1, 0.15) is 6.07 Å². The molecule has 5 rings (SSSR count). The zero-order valence-electron chi connectivity index (χ0n) is 23.5. The highest BCUT2D eigenvalue weighted by Gasteiger charge is 2.40. The predicted octanol–water partition coefficient (Wildman–Crippen LogP) is 10.4. The van der Waals surface area contributed by atoms with Crippen LogP contribution in [0, 0.1) is 128 Å². The largest absolute Gasteiger partial charge is 0.246 e. The summed E-state index contributed by atoms with van der Waals surface area (Å²) in [5.74, 6) is -62.6. The summed E-state index contributed by atoms with van der Waals surface area (Å²) in [5.41, 5.74) is -23.8. The maximum absolute atomic E-state index is 15.3. The summed E-state index contributed by atoms with van der Waals surface area (Å²) >= 11 is 0. The second-order valence-corrected chi connectivity index (χ2v) is 9.83. The number of hydrogen-bond acceptors (Lipinski definition) is 2. The minimum absolute atomic E-state index is 0.560. The molecule has 0 aliphatic heterocycles.